The van der Waals surface area contributed by atoms with Crippen LogP contribution in [0.3, 0.4) is 0 Å². The van der Waals surface area contributed by atoms with Crippen LogP contribution in [0, 0.1) is 0 Å². The molecule has 0 radical (unpaired) electrons. The Morgan fingerprint density at radius 2 is 2.17 bits per heavy atom. The maximum absolute atomic E-state index is 11.4. The van der Waals surface area contributed by atoms with Gasteiger partial charge in [0.05, 0.1) is 6.33 Å². The fourth-order valence-electron chi connectivity index (χ4n) is 1.62. The molecule has 1 aromatic heterocycles. The molecule has 0 spiro atoms. The summed E-state index contributed by atoms with van der Waals surface area (Å²) in [5.41, 5.74) is 0.669. The molecule has 6 heteroatoms. The van der Waals surface area contributed by atoms with Crippen LogP contribution in [0.25, 0.3) is 0 Å². The number of hydrogen-bond acceptors (Lipinski definition) is 3. The highest BCUT2D eigenvalue weighted by molar-refractivity contribution is 6.32. The van der Waals surface area contributed by atoms with Gasteiger partial charge in [-0.3, -0.25) is 4.79 Å². The minimum Gasteiger partial charge on any atom is -0.354 e. The van der Waals surface area contributed by atoms with Crippen molar-refractivity contribution in [2.24, 2.45) is 0 Å². The van der Waals surface area contributed by atoms with Crippen molar-refractivity contribution < 1.29 is 0 Å². The predicted molar refractivity (Wildman–Crippen MR) is 73.4 cm³/mol. The van der Waals surface area contributed by atoms with Crippen LogP contribution in [0.2, 0.25) is 10.0 Å². The summed E-state index contributed by atoms with van der Waals surface area (Å²) in [4.78, 5) is 19.7. The lowest BCUT2D eigenvalue weighted by Gasteiger charge is -2.18. The van der Waals surface area contributed by atoms with E-state index in [4.69, 9.17) is 23.2 Å². The molecule has 1 heterocycles. The van der Waals surface area contributed by atoms with Gasteiger partial charge in [0.1, 0.15) is 5.02 Å². The molecular formula is C12H11Cl2N3O. The first-order valence-corrected chi connectivity index (χ1v) is 6.02. The van der Waals surface area contributed by atoms with Gasteiger partial charge in [-0.2, -0.15) is 0 Å². The first-order chi connectivity index (χ1) is 8.58. The lowest BCUT2D eigenvalue weighted by Crippen LogP contribution is -2.21. The van der Waals surface area contributed by atoms with Crippen molar-refractivity contribution in [3.8, 4) is 0 Å². The Balaban J connectivity index is 2.25. The average Bonchev–Trinajstić information content (AvgIpc) is 2.32. The monoisotopic (exact) mass is 283 g/mol. The zero-order valence-electron chi connectivity index (χ0n) is 9.65. The normalized spacial score (nSPS) is 10.4. The van der Waals surface area contributed by atoms with E-state index in [1.165, 1.54) is 6.33 Å². The number of benzene rings is 1. The first-order valence-electron chi connectivity index (χ1n) is 5.26. The molecule has 0 unspecified atom stereocenters. The van der Waals surface area contributed by atoms with Crippen molar-refractivity contribution in [2.45, 2.75) is 6.54 Å². The highest BCUT2D eigenvalue weighted by Crippen LogP contribution is 2.20. The molecule has 0 aliphatic heterocycles. The molecule has 0 amide bonds. The Morgan fingerprint density at radius 1 is 1.39 bits per heavy atom. The van der Waals surface area contributed by atoms with Gasteiger partial charge in [0, 0.05) is 18.6 Å². The molecule has 1 N–H and O–H groups in total. The summed E-state index contributed by atoms with van der Waals surface area (Å²) < 4.78 is 0. The summed E-state index contributed by atoms with van der Waals surface area (Å²) in [5, 5.41) is 0.757. The average molecular weight is 284 g/mol. The van der Waals surface area contributed by atoms with Crippen LogP contribution in [-0.2, 0) is 6.54 Å². The van der Waals surface area contributed by atoms with Crippen molar-refractivity contribution >= 4 is 29.0 Å². The molecular weight excluding hydrogens is 273 g/mol. The molecule has 0 aliphatic carbocycles. The van der Waals surface area contributed by atoms with E-state index in [0.29, 0.717) is 17.4 Å². The van der Waals surface area contributed by atoms with Gasteiger partial charge in [0.25, 0.3) is 5.56 Å². The Hall–Kier alpha value is -1.52. The lowest BCUT2D eigenvalue weighted by atomic mass is 10.2. The van der Waals surface area contributed by atoms with Gasteiger partial charge in [0.15, 0.2) is 5.82 Å². The van der Waals surface area contributed by atoms with Gasteiger partial charge in [-0.25, -0.2) is 4.98 Å². The summed E-state index contributed by atoms with van der Waals surface area (Å²) in [7, 11) is 1.81. The van der Waals surface area contributed by atoms with Crippen molar-refractivity contribution in [3.63, 3.8) is 0 Å². The highest BCUT2D eigenvalue weighted by Gasteiger charge is 2.11. The molecule has 0 fully saturated rings. The third kappa shape index (κ3) is 2.83. The molecule has 18 heavy (non-hydrogen) atoms. The van der Waals surface area contributed by atoms with E-state index in [0.717, 1.165) is 5.56 Å². The Kier molecular flexibility index (Phi) is 3.89. The summed E-state index contributed by atoms with van der Waals surface area (Å²) in [6, 6.07) is 7.49. The van der Waals surface area contributed by atoms with Crippen LogP contribution in [0.5, 0.6) is 0 Å². The molecule has 2 rings (SSSR count). The zero-order valence-corrected chi connectivity index (χ0v) is 11.2. The Morgan fingerprint density at radius 3 is 2.89 bits per heavy atom. The van der Waals surface area contributed by atoms with Crippen molar-refractivity contribution in [1.82, 2.24) is 9.97 Å². The van der Waals surface area contributed by atoms with Crippen LogP contribution < -0.4 is 10.5 Å². The number of rotatable bonds is 3. The van der Waals surface area contributed by atoms with Crippen LogP contribution in [-0.4, -0.2) is 17.0 Å². The molecule has 4 nitrogen and oxygen atoms in total. The van der Waals surface area contributed by atoms with E-state index in [-0.39, 0.29) is 10.6 Å². The van der Waals surface area contributed by atoms with Crippen molar-refractivity contribution in [3.05, 3.63) is 56.6 Å². The van der Waals surface area contributed by atoms with Gasteiger partial charge < -0.3 is 9.88 Å². The number of H-pyrrole nitrogens is 1. The van der Waals surface area contributed by atoms with Gasteiger partial charge in [0.2, 0.25) is 0 Å². The number of aromatic nitrogens is 2. The van der Waals surface area contributed by atoms with Crippen LogP contribution in [0.15, 0.2) is 35.4 Å². The quantitative estimate of drug-likeness (QED) is 0.942. The Bertz CT molecular complexity index is 612. The molecule has 0 saturated heterocycles. The van der Waals surface area contributed by atoms with Gasteiger partial charge in [-0.15, -0.1) is 0 Å². The number of aromatic amines is 1. The van der Waals surface area contributed by atoms with E-state index in [1.807, 2.05) is 31.3 Å². The van der Waals surface area contributed by atoms with E-state index < -0.39 is 0 Å². The van der Waals surface area contributed by atoms with Gasteiger partial charge in [-0.05, 0) is 17.7 Å². The number of nitrogens with one attached hydrogen (secondary N) is 1. The molecule has 0 saturated carbocycles. The molecule has 2 aromatic rings. The smallest absolute Gasteiger partial charge is 0.271 e. The summed E-state index contributed by atoms with van der Waals surface area (Å²) in [6.07, 6.45) is 1.33. The zero-order chi connectivity index (χ0) is 13.1. The third-order valence-corrected chi connectivity index (χ3v) is 3.02. The van der Waals surface area contributed by atoms with Crippen molar-refractivity contribution in [2.75, 3.05) is 11.9 Å². The van der Waals surface area contributed by atoms with Crippen molar-refractivity contribution in [1.29, 1.82) is 0 Å². The molecule has 94 valence electrons. The lowest BCUT2D eigenvalue weighted by molar-refractivity contribution is 0.887. The van der Waals surface area contributed by atoms with E-state index in [1.54, 1.807) is 4.90 Å². The fourth-order valence-corrected chi connectivity index (χ4v) is 2.08. The summed E-state index contributed by atoms with van der Waals surface area (Å²) in [5.74, 6) is 0.445. The van der Waals surface area contributed by atoms with Gasteiger partial charge in [-0.1, -0.05) is 35.3 Å². The van der Waals surface area contributed by atoms with Crippen LogP contribution in [0.1, 0.15) is 5.56 Å². The second-order valence-electron chi connectivity index (χ2n) is 3.86. The fraction of sp³-hybridized carbons (Fsp3) is 0.167. The number of hydrogen-bond donors (Lipinski definition) is 1. The molecule has 1 aromatic carbocycles. The van der Waals surface area contributed by atoms with Crippen LogP contribution >= 0.6 is 23.2 Å². The number of halogens is 2. The van der Waals surface area contributed by atoms with E-state index in [9.17, 15) is 4.79 Å². The van der Waals surface area contributed by atoms with E-state index >= 15 is 0 Å². The minimum absolute atomic E-state index is 0.0852. The van der Waals surface area contributed by atoms with Crippen LogP contribution in [0.4, 0.5) is 5.82 Å². The molecule has 0 aliphatic rings. The highest BCUT2D eigenvalue weighted by atomic mass is 35.5. The second-order valence-corrected chi connectivity index (χ2v) is 4.67. The predicted octanol–water partition coefficient (Wildman–Crippen LogP) is 2.71. The maximum atomic E-state index is 11.4. The SMILES string of the molecule is CN(Cc1cccc(Cl)c1)c1nc[nH]c(=O)c1Cl. The summed E-state index contributed by atoms with van der Waals surface area (Å²) in [6.45, 7) is 0.566. The van der Waals surface area contributed by atoms with Gasteiger partial charge >= 0.3 is 0 Å². The van der Waals surface area contributed by atoms with E-state index in [2.05, 4.69) is 9.97 Å². The Labute approximate surface area is 114 Å². The first kappa shape index (κ1) is 12.9. The number of anilines is 1. The minimum atomic E-state index is -0.348. The standard InChI is InChI=1S/C12H11Cl2N3O/c1-17(6-8-3-2-4-9(13)5-8)11-10(14)12(18)16-7-15-11/h2-5,7H,6H2,1H3,(H,15,16,18). The largest absolute Gasteiger partial charge is 0.354 e. The molecule has 0 atom stereocenters. The number of nitrogens with zero attached hydrogens (tertiary/aromatic N) is 2. The molecule has 0 bridgehead atoms. The topological polar surface area (TPSA) is 49.0 Å². The summed E-state index contributed by atoms with van der Waals surface area (Å²) >= 11 is 11.8. The third-order valence-electron chi connectivity index (χ3n) is 2.45. The second kappa shape index (κ2) is 5.42. The maximum Gasteiger partial charge on any atom is 0.271 e.